The summed E-state index contributed by atoms with van der Waals surface area (Å²) in [6, 6.07) is 6.21. The van der Waals surface area contributed by atoms with Crippen LogP contribution in [0, 0.1) is 5.82 Å². The van der Waals surface area contributed by atoms with E-state index in [1.54, 1.807) is 18.2 Å². The van der Waals surface area contributed by atoms with Gasteiger partial charge in [-0.3, -0.25) is 9.55 Å². The third-order valence-corrected chi connectivity index (χ3v) is 2.94. The number of carbonyl (C=O) groups excluding carboxylic acids is 1. The molecule has 0 aliphatic rings. The summed E-state index contributed by atoms with van der Waals surface area (Å²) in [7, 11) is 2.74. The SMILES string of the molecule is COC(=O)c1[nH]c(=O)n(C)c1Cc1ccccc1F. The molecule has 100 valence electrons. The van der Waals surface area contributed by atoms with Gasteiger partial charge in [0.05, 0.1) is 12.8 Å². The van der Waals surface area contributed by atoms with Crippen LogP contribution in [0.15, 0.2) is 29.1 Å². The fourth-order valence-corrected chi connectivity index (χ4v) is 1.85. The lowest BCUT2D eigenvalue weighted by molar-refractivity contribution is 0.0593. The van der Waals surface area contributed by atoms with E-state index in [-0.39, 0.29) is 17.9 Å². The molecule has 2 aromatic rings. The molecular formula is C13H13FN2O3. The number of halogens is 1. The minimum absolute atomic E-state index is 0.0539. The molecule has 0 spiro atoms. The van der Waals surface area contributed by atoms with Crippen molar-refractivity contribution in [1.82, 2.24) is 9.55 Å². The topological polar surface area (TPSA) is 64.1 Å². The maximum atomic E-state index is 13.6. The summed E-state index contributed by atoms with van der Waals surface area (Å²) in [6.07, 6.45) is 0.131. The number of imidazole rings is 1. The van der Waals surface area contributed by atoms with Crippen molar-refractivity contribution in [3.63, 3.8) is 0 Å². The fourth-order valence-electron chi connectivity index (χ4n) is 1.85. The van der Waals surface area contributed by atoms with Gasteiger partial charge < -0.3 is 4.74 Å². The first-order valence-electron chi connectivity index (χ1n) is 5.64. The lowest BCUT2D eigenvalue weighted by atomic mass is 10.1. The number of esters is 1. The first-order chi connectivity index (χ1) is 9.04. The number of carbonyl (C=O) groups is 1. The van der Waals surface area contributed by atoms with Crippen LogP contribution in [0.2, 0.25) is 0 Å². The first kappa shape index (κ1) is 13.1. The monoisotopic (exact) mass is 264 g/mol. The normalized spacial score (nSPS) is 10.5. The summed E-state index contributed by atoms with van der Waals surface area (Å²) in [5.74, 6) is -1.03. The zero-order chi connectivity index (χ0) is 14.0. The van der Waals surface area contributed by atoms with Gasteiger partial charge in [0.1, 0.15) is 11.5 Å². The van der Waals surface area contributed by atoms with Gasteiger partial charge in [0.2, 0.25) is 0 Å². The summed E-state index contributed by atoms with van der Waals surface area (Å²) in [5.41, 5.74) is 0.411. The van der Waals surface area contributed by atoms with Crippen molar-refractivity contribution in [2.45, 2.75) is 6.42 Å². The van der Waals surface area contributed by atoms with E-state index in [2.05, 4.69) is 9.72 Å². The van der Waals surface area contributed by atoms with Crippen molar-refractivity contribution < 1.29 is 13.9 Å². The van der Waals surface area contributed by atoms with Crippen LogP contribution in [-0.2, 0) is 18.2 Å². The van der Waals surface area contributed by atoms with Gasteiger partial charge in [-0.1, -0.05) is 18.2 Å². The van der Waals surface area contributed by atoms with E-state index in [4.69, 9.17) is 0 Å². The van der Waals surface area contributed by atoms with E-state index >= 15 is 0 Å². The summed E-state index contributed by atoms with van der Waals surface area (Å²) in [6.45, 7) is 0. The summed E-state index contributed by atoms with van der Waals surface area (Å²) < 4.78 is 19.5. The second kappa shape index (κ2) is 5.09. The molecule has 5 nitrogen and oxygen atoms in total. The van der Waals surface area contributed by atoms with Crippen molar-refractivity contribution in [3.8, 4) is 0 Å². The first-order valence-corrected chi connectivity index (χ1v) is 5.64. The fraction of sp³-hybridized carbons (Fsp3) is 0.231. The highest BCUT2D eigenvalue weighted by atomic mass is 19.1. The Morgan fingerprint density at radius 3 is 2.74 bits per heavy atom. The molecule has 0 atom stereocenters. The number of hydrogen-bond donors (Lipinski definition) is 1. The number of hydrogen-bond acceptors (Lipinski definition) is 3. The highest BCUT2D eigenvalue weighted by molar-refractivity contribution is 5.88. The van der Waals surface area contributed by atoms with E-state index in [1.807, 2.05) is 0 Å². The third kappa shape index (κ3) is 2.42. The minimum Gasteiger partial charge on any atom is -0.464 e. The van der Waals surface area contributed by atoms with Gasteiger partial charge in [-0.25, -0.2) is 14.0 Å². The predicted molar refractivity (Wildman–Crippen MR) is 66.6 cm³/mol. The standard InChI is InChI=1S/C13H13FN2O3/c1-16-10(7-8-5-3-4-6-9(8)14)11(12(17)19-2)15-13(16)18/h3-6H,7H2,1-2H3,(H,15,18). The van der Waals surface area contributed by atoms with Gasteiger partial charge >= 0.3 is 11.7 Å². The molecule has 19 heavy (non-hydrogen) atoms. The Morgan fingerprint density at radius 2 is 2.11 bits per heavy atom. The molecule has 1 aromatic heterocycles. The van der Waals surface area contributed by atoms with E-state index in [0.717, 1.165) is 0 Å². The Kier molecular flexibility index (Phi) is 3.50. The molecular weight excluding hydrogens is 251 g/mol. The highest BCUT2D eigenvalue weighted by Gasteiger charge is 2.19. The molecule has 0 radical (unpaired) electrons. The molecule has 0 fully saturated rings. The number of nitrogens with one attached hydrogen (secondary N) is 1. The molecule has 0 aliphatic heterocycles. The van der Waals surface area contributed by atoms with Crippen LogP contribution >= 0.6 is 0 Å². The Labute approximate surface area is 108 Å². The maximum Gasteiger partial charge on any atom is 0.356 e. The van der Waals surface area contributed by atoms with Crippen LogP contribution in [0.1, 0.15) is 21.7 Å². The van der Waals surface area contributed by atoms with Crippen LogP contribution in [-0.4, -0.2) is 22.6 Å². The Bertz CT molecular complexity index is 673. The Morgan fingerprint density at radius 1 is 1.42 bits per heavy atom. The Hall–Kier alpha value is -2.37. The maximum absolute atomic E-state index is 13.6. The molecule has 0 amide bonds. The predicted octanol–water partition coefficient (Wildman–Crippen LogP) is 1.23. The number of methoxy groups -OCH3 is 1. The van der Waals surface area contributed by atoms with Gasteiger partial charge in [-0.05, 0) is 11.6 Å². The van der Waals surface area contributed by atoms with Crippen LogP contribution < -0.4 is 5.69 Å². The summed E-state index contributed by atoms with van der Waals surface area (Å²) in [4.78, 5) is 25.6. The van der Waals surface area contributed by atoms with Crippen LogP contribution in [0.25, 0.3) is 0 Å². The van der Waals surface area contributed by atoms with E-state index < -0.39 is 11.7 Å². The summed E-state index contributed by atoms with van der Waals surface area (Å²) >= 11 is 0. The van der Waals surface area contributed by atoms with Crippen molar-refractivity contribution >= 4 is 5.97 Å². The van der Waals surface area contributed by atoms with E-state index in [9.17, 15) is 14.0 Å². The number of aromatic amines is 1. The van der Waals surface area contributed by atoms with Crippen LogP contribution in [0.3, 0.4) is 0 Å². The molecule has 1 N–H and O–H groups in total. The smallest absolute Gasteiger partial charge is 0.356 e. The second-order valence-corrected chi connectivity index (χ2v) is 4.07. The van der Waals surface area contributed by atoms with Crippen LogP contribution in [0.5, 0.6) is 0 Å². The van der Waals surface area contributed by atoms with Crippen molar-refractivity contribution in [2.24, 2.45) is 7.05 Å². The quantitative estimate of drug-likeness (QED) is 0.848. The molecule has 2 rings (SSSR count). The van der Waals surface area contributed by atoms with Gasteiger partial charge in [0, 0.05) is 13.5 Å². The number of benzene rings is 1. The van der Waals surface area contributed by atoms with Gasteiger partial charge in [-0.15, -0.1) is 0 Å². The Balaban J connectivity index is 2.48. The molecule has 1 heterocycles. The number of rotatable bonds is 3. The van der Waals surface area contributed by atoms with E-state index in [1.165, 1.54) is 24.8 Å². The average molecular weight is 264 g/mol. The average Bonchev–Trinajstić information content (AvgIpc) is 2.68. The molecule has 6 heteroatoms. The number of ether oxygens (including phenoxy) is 1. The zero-order valence-corrected chi connectivity index (χ0v) is 10.6. The highest BCUT2D eigenvalue weighted by Crippen LogP contribution is 2.15. The van der Waals surface area contributed by atoms with Crippen molar-refractivity contribution in [2.75, 3.05) is 7.11 Å². The zero-order valence-electron chi connectivity index (χ0n) is 10.6. The molecule has 0 saturated heterocycles. The summed E-state index contributed by atoms with van der Waals surface area (Å²) in [5, 5.41) is 0. The van der Waals surface area contributed by atoms with Crippen LogP contribution in [0.4, 0.5) is 4.39 Å². The van der Waals surface area contributed by atoms with E-state index in [0.29, 0.717) is 11.3 Å². The number of nitrogens with zero attached hydrogens (tertiary/aromatic N) is 1. The number of aromatic nitrogens is 2. The lowest BCUT2D eigenvalue weighted by Crippen LogP contribution is -2.14. The molecule has 1 aromatic carbocycles. The van der Waals surface area contributed by atoms with Gasteiger partial charge in [0.15, 0.2) is 0 Å². The van der Waals surface area contributed by atoms with Gasteiger partial charge in [0.25, 0.3) is 0 Å². The minimum atomic E-state index is -0.649. The molecule has 0 saturated carbocycles. The lowest BCUT2D eigenvalue weighted by Gasteiger charge is -2.06. The molecule has 0 aliphatic carbocycles. The number of H-pyrrole nitrogens is 1. The molecule has 0 bridgehead atoms. The third-order valence-electron chi connectivity index (χ3n) is 2.94. The molecule has 0 unspecified atom stereocenters. The van der Waals surface area contributed by atoms with Crippen molar-refractivity contribution in [3.05, 3.63) is 57.5 Å². The largest absolute Gasteiger partial charge is 0.464 e. The van der Waals surface area contributed by atoms with Crippen molar-refractivity contribution in [1.29, 1.82) is 0 Å². The second-order valence-electron chi connectivity index (χ2n) is 4.07. The van der Waals surface area contributed by atoms with Gasteiger partial charge in [-0.2, -0.15) is 0 Å².